The van der Waals surface area contributed by atoms with Crippen LogP contribution >= 0.6 is 23.2 Å². The van der Waals surface area contributed by atoms with E-state index in [0.29, 0.717) is 5.69 Å². The summed E-state index contributed by atoms with van der Waals surface area (Å²) in [7, 11) is 1.22. The lowest BCUT2D eigenvalue weighted by Gasteiger charge is -2.37. The quantitative estimate of drug-likeness (QED) is 0.345. The van der Waals surface area contributed by atoms with Crippen molar-refractivity contribution in [3.05, 3.63) is 81.6 Å². The molecule has 34 heavy (non-hydrogen) atoms. The summed E-state index contributed by atoms with van der Waals surface area (Å²) in [4.78, 5) is 23.0. The number of benzene rings is 1. The fraction of sp³-hybridized carbons (Fsp3) is 0.273. The van der Waals surface area contributed by atoms with Crippen LogP contribution in [0.25, 0.3) is 0 Å². The van der Waals surface area contributed by atoms with Gasteiger partial charge in [0.05, 0.1) is 25.2 Å². The Labute approximate surface area is 202 Å². The first-order valence-electron chi connectivity index (χ1n) is 9.70. The largest absolute Gasteiger partial charge is 0.487 e. The van der Waals surface area contributed by atoms with E-state index < -0.39 is 29.2 Å². The fourth-order valence-corrected chi connectivity index (χ4v) is 3.78. The van der Waals surface area contributed by atoms with Crippen molar-refractivity contribution >= 4 is 29.2 Å². The van der Waals surface area contributed by atoms with Gasteiger partial charge in [0.15, 0.2) is 11.3 Å². The van der Waals surface area contributed by atoms with Gasteiger partial charge in [0.25, 0.3) is 0 Å². The number of carbonyl (C=O) groups is 1. The van der Waals surface area contributed by atoms with Gasteiger partial charge < -0.3 is 14.6 Å². The summed E-state index contributed by atoms with van der Waals surface area (Å²) in [6.45, 7) is 1.17. The van der Waals surface area contributed by atoms with Gasteiger partial charge in [-0.1, -0.05) is 36.2 Å². The van der Waals surface area contributed by atoms with Gasteiger partial charge in [0.1, 0.15) is 17.5 Å². The summed E-state index contributed by atoms with van der Waals surface area (Å²) in [5.74, 6) is -1.88. The Morgan fingerprint density at radius 1 is 1.12 bits per heavy atom. The van der Waals surface area contributed by atoms with Crippen LogP contribution in [0.1, 0.15) is 40.2 Å². The maximum atomic E-state index is 14.1. The summed E-state index contributed by atoms with van der Waals surface area (Å²) in [6.07, 6.45) is -1.40. The standard InChI is InChI=1S/C22H18Cl2F3N3O4/c1-12(21(32,22(25,26)27)13-5-6-28-19(24)7-13)16-4-3-15(8-17(16)23)34-11-14-9-30-18(10-29-14)20(31)33-2/h3-10,12,32H,11H2,1-2H3. The highest BCUT2D eigenvalue weighted by atomic mass is 35.5. The first-order valence-corrected chi connectivity index (χ1v) is 10.5. The van der Waals surface area contributed by atoms with Crippen molar-refractivity contribution in [2.75, 3.05) is 7.11 Å². The molecule has 1 N–H and O–H groups in total. The molecule has 3 aromatic rings. The number of esters is 1. The van der Waals surface area contributed by atoms with Gasteiger partial charge >= 0.3 is 12.1 Å². The smallest absolute Gasteiger partial charge is 0.422 e. The average molecular weight is 516 g/mol. The number of alkyl halides is 3. The number of methoxy groups -OCH3 is 1. The lowest BCUT2D eigenvalue weighted by molar-refractivity contribution is -0.274. The van der Waals surface area contributed by atoms with Crippen LogP contribution in [0.3, 0.4) is 0 Å². The molecule has 180 valence electrons. The number of halogens is 5. The second kappa shape index (κ2) is 10.1. The van der Waals surface area contributed by atoms with E-state index in [4.69, 9.17) is 27.9 Å². The van der Waals surface area contributed by atoms with Crippen LogP contribution in [0.5, 0.6) is 5.75 Å². The predicted molar refractivity (Wildman–Crippen MR) is 117 cm³/mol. The zero-order valence-electron chi connectivity index (χ0n) is 17.8. The molecule has 2 heterocycles. The van der Waals surface area contributed by atoms with Gasteiger partial charge in [-0.3, -0.25) is 4.98 Å². The van der Waals surface area contributed by atoms with Crippen molar-refractivity contribution in [3.63, 3.8) is 0 Å². The van der Waals surface area contributed by atoms with E-state index in [0.717, 1.165) is 18.3 Å². The lowest BCUT2D eigenvalue weighted by Crippen LogP contribution is -2.46. The second-order valence-electron chi connectivity index (χ2n) is 7.21. The molecule has 0 aliphatic rings. The summed E-state index contributed by atoms with van der Waals surface area (Å²) < 4.78 is 52.3. The van der Waals surface area contributed by atoms with E-state index >= 15 is 0 Å². The molecule has 7 nitrogen and oxygen atoms in total. The third-order valence-electron chi connectivity index (χ3n) is 5.15. The van der Waals surface area contributed by atoms with Crippen molar-refractivity contribution in [2.24, 2.45) is 0 Å². The van der Waals surface area contributed by atoms with Crippen LogP contribution < -0.4 is 4.74 Å². The molecule has 3 rings (SSSR count). The molecule has 1 aromatic carbocycles. The van der Waals surface area contributed by atoms with E-state index in [9.17, 15) is 23.1 Å². The topological polar surface area (TPSA) is 94.4 Å². The van der Waals surface area contributed by atoms with Crippen molar-refractivity contribution in [3.8, 4) is 5.75 Å². The molecular formula is C22H18Cl2F3N3O4. The molecule has 0 aliphatic heterocycles. The van der Waals surface area contributed by atoms with Crippen LogP contribution in [0.4, 0.5) is 13.2 Å². The van der Waals surface area contributed by atoms with Gasteiger partial charge in [-0.2, -0.15) is 13.2 Å². The van der Waals surface area contributed by atoms with Gasteiger partial charge in [0.2, 0.25) is 0 Å². The van der Waals surface area contributed by atoms with E-state index in [1.807, 2.05) is 0 Å². The Kier molecular flexibility index (Phi) is 7.64. The van der Waals surface area contributed by atoms with Crippen molar-refractivity contribution in [2.45, 2.75) is 31.2 Å². The van der Waals surface area contributed by atoms with Crippen molar-refractivity contribution in [1.29, 1.82) is 0 Å². The summed E-state index contributed by atoms with van der Waals surface area (Å²) in [5.41, 5.74) is -3.27. The SMILES string of the molecule is COC(=O)c1cnc(COc2ccc(C(C)C(O)(c3ccnc(Cl)c3)C(F)(F)F)c(Cl)c2)cn1. The van der Waals surface area contributed by atoms with Gasteiger partial charge in [-0.05, 0) is 35.4 Å². The van der Waals surface area contributed by atoms with Gasteiger partial charge in [-0.25, -0.2) is 14.8 Å². The van der Waals surface area contributed by atoms with Gasteiger partial charge in [-0.15, -0.1) is 0 Å². The molecule has 2 unspecified atom stereocenters. The Morgan fingerprint density at radius 3 is 2.41 bits per heavy atom. The highest BCUT2D eigenvalue weighted by Crippen LogP contribution is 2.50. The second-order valence-corrected chi connectivity index (χ2v) is 8.00. The molecule has 0 saturated carbocycles. The molecule has 0 spiro atoms. The third kappa shape index (κ3) is 5.24. The van der Waals surface area contributed by atoms with E-state index in [1.54, 1.807) is 0 Å². The molecule has 12 heteroatoms. The Bertz CT molecular complexity index is 1180. The molecule has 0 radical (unpaired) electrons. The summed E-state index contributed by atoms with van der Waals surface area (Å²) in [5, 5.41) is 10.6. The first-order chi connectivity index (χ1) is 16.0. The molecule has 2 aromatic heterocycles. The molecule has 0 fully saturated rings. The first kappa shape index (κ1) is 25.7. The predicted octanol–water partition coefficient (Wildman–Crippen LogP) is 5.10. The number of pyridine rings is 1. The number of carbonyl (C=O) groups excluding carboxylic acids is 1. The molecular weight excluding hydrogens is 498 g/mol. The van der Waals surface area contributed by atoms with E-state index in [-0.39, 0.29) is 33.8 Å². The zero-order valence-corrected chi connectivity index (χ0v) is 19.3. The molecule has 0 bridgehead atoms. The van der Waals surface area contributed by atoms with E-state index in [2.05, 4.69) is 19.7 Å². The van der Waals surface area contributed by atoms with Crippen LogP contribution in [0, 0.1) is 0 Å². The van der Waals surface area contributed by atoms with Crippen LogP contribution in [-0.2, 0) is 16.9 Å². The summed E-state index contributed by atoms with van der Waals surface area (Å²) in [6, 6.07) is 6.11. The maximum absolute atomic E-state index is 14.1. The highest BCUT2D eigenvalue weighted by Gasteiger charge is 2.59. The molecule has 0 saturated heterocycles. The zero-order chi connectivity index (χ0) is 25.1. The number of hydrogen-bond acceptors (Lipinski definition) is 7. The normalized spacial score (nSPS) is 14.2. The monoisotopic (exact) mass is 515 g/mol. The van der Waals surface area contributed by atoms with E-state index in [1.165, 1.54) is 44.6 Å². The Morgan fingerprint density at radius 2 is 1.85 bits per heavy atom. The minimum Gasteiger partial charge on any atom is -0.487 e. The minimum atomic E-state index is -5.04. The molecule has 0 aliphatic carbocycles. The number of aliphatic hydroxyl groups is 1. The maximum Gasteiger partial charge on any atom is 0.422 e. The fourth-order valence-electron chi connectivity index (χ4n) is 3.27. The Hall–Kier alpha value is -2.95. The minimum absolute atomic E-state index is 0.0280. The van der Waals surface area contributed by atoms with Crippen LogP contribution in [0.15, 0.2) is 48.9 Å². The van der Waals surface area contributed by atoms with Crippen LogP contribution in [0.2, 0.25) is 10.2 Å². The number of aromatic nitrogens is 3. The molecule has 2 atom stereocenters. The number of nitrogens with zero attached hydrogens (tertiary/aromatic N) is 3. The third-order valence-corrected chi connectivity index (χ3v) is 5.68. The highest BCUT2D eigenvalue weighted by molar-refractivity contribution is 6.31. The number of rotatable bonds is 7. The number of ether oxygens (including phenoxy) is 2. The summed E-state index contributed by atoms with van der Waals surface area (Å²) >= 11 is 12.0. The number of hydrogen-bond donors (Lipinski definition) is 1. The average Bonchev–Trinajstić information content (AvgIpc) is 2.81. The van der Waals surface area contributed by atoms with Crippen molar-refractivity contribution < 1.29 is 32.5 Å². The van der Waals surface area contributed by atoms with Crippen LogP contribution in [-0.4, -0.2) is 39.3 Å². The Balaban J connectivity index is 1.82. The van der Waals surface area contributed by atoms with Crippen molar-refractivity contribution in [1.82, 2.24) is 15.0 Å². The van der Waals surface area contributed by atoms with Gasteiger partial charge in [0, 0.05) is 17.1 Å². The molecule has 0 amide bonds. The lowest BCUT2D eigenvalue weighted by atomic mass is 9.78.